The summed E-state index contributed by atoms with van der Waals surface area (Å²) in [7, 11) is 0. The summed E-state index contributed by atoms with van der Waals surface area (Å²) < 4.78 is 17.7. The number of ether oxygens (including phenoxy) is 1. The Bertz CT molecular complexity index is 419. The minimum Gasteiger partial charge on any atom is -0.492 e. The molecule has 1 N–H and O–H groups in total. The first-order valence-corrected chi connectivity index (χ1v) is 7.01. The van der Waals surface area contributed by atoms with Gasteiger partial charge < -0.3 is 10.1 Å². The van der Waals surface area contributed by atoms with Crippen LogP contribution in [0, 0.1) is 0 Å². The molecule has 2 nitrogen and oxygen atoms in total. The fraction of sp³-hybridized carbons (Fsp3) is 0.571. The van der Waals surface area contributed by atoms with Crippen LogP contribution in [0.4, 0.5) is 4.39 Å². The predicted octanol–water partition coefficient (Wildman–Crippen LogP) is 4.62. The monoisotopic (exact) mass is 307 g/mol. The van der Waals surface area contributed by atoms with Crippen LogP contribution in [-0.2, 0) is 6.54 Å². The van der Waals surface area contributed by atoms with Crippen molar-refractivity contribution in [2.24, 2.45) is 0 Å². The van der Waals surface area contributed by atoms with E-state index in [0.717, 1.165) is 5.56 Å². The van der Waals surface area contributed by atoms with Gasteiger partial charge in [-0.05, 0) is 32.9 Å². The first kappa shape index (κ1) is 16.5. The van der Waals surface area contributed by atoms with Crippen LogP contribution in [-0.4, -0.2) is 18.8 Å². The first-order valence-electron chi connectivity index (χ1n) is 6.25. The average molecular weight is 308 g/mol. The van der Waals surface area contributed by atoms with Crippen LogP contribution in [0.3, 0.4) is 0 Å². The van der Waals surface area contributed by atoms with Crippen molar-refractivity contribution in [2.75, 3.05) is 13.3 Å². The van der Waals surface area contributed by atoms with Gasteiger partial charge in [0.1, 0.15) is 5.75 Å². The summed E-state index contributed by atoms with van der Waals surface area (Å²) in [5.74, 6) is 0.580. The summed E-state index contributed by atoms with van der Waals surface area (Å²) in [6.07, 6.45) is 0.352. The molecule has 0 bridgehead atoms. The number of halogens is 3. The van der Waals surface area contributed by atoms with Crippen LogP contribution in [0.5, 0.6) is 5.75 Å². The Morgan fingerprint density at radius 1 is 1.26 bits per heavy atom. The molecule has 1 rings (SSSR count). The van der Waals surface area contributed by atoms with E-state index in [0.29, 0.717) is 35.4 Å². The molecule has 0 amide bonds. The maximum Gasteiger partial charge on any atom is 0.142 e. The molecule has 0 aliphatic carbocycles. The molecule has 0 unspecified atom stereocenters. The van der Waals surface area contributed by atoms with E-state index in [2.05, 4.69) is 26.1 Å². The van der Waals surface area contributed by atoms with Crippen LogP contribution in [0.2, 0.25) is 10.0 Å². The Hall–Kier alpha value is -0.510. The van der Waals surface area contributed by atoms with Gasteiger partial charge >= 0.3 is 0 Å². The van der Waals surface area contributed by atoms with E-state index < -0.39 is 6.67 Å². The molecule has 0 radical (unpaired) electrons. The van der Waals surface area contributed by atoms with Gasteiger partial charge in [0.25, 0.3) is 0 Å². The van der Waals surface area contributed by atoms with Crippen molar-refractivity contribution >= 4 is 23.2 Å². The van der Waals surface area contributed by atoms with Crippen molar-refractivity contribution in [3.05, 3.63) is 27.7 Å². The number of hydrogen-bond acceptors (Lipinski definition) is 2. The second-order valence-electron chi connectivity index (χ2n) is 5.37. The van der Waals surface area contributed by atoms with E-state index in [1.165, 1.54) is 0 Å². The van der Waals surface area contributed by atoms with E-state index in [9.17, 15) is 4.39 Å². The lowest BCUT2D eigenvalue weighted by Crippen LogP contribution is -2.35. The molecule has 0 atom stereocenters. The first-order chi connectivity index (χ1) is 8.83. The molecular weight excluding hydrogens is 288 g/mol. The van der Waals surface area contributed by atoms with Crippen LogP contribution in [0.15, 0.2) is 12.1 Å². The van der Waals surface area contributed by atoms with Crippen LogP contribution >= 0.6 is 23.2 Å². The molecule has 1 aromatic carbocycles. The minimum atomic E-state index is -0.402. The maximum atomic E-state index is 12.1. The Labute approximate surface area is 124 Å². The second-order valence-corrected chi connectivity index (χ2v) is 6.21. The molecule has 1 aromatic rings. The molecule has 0 saturated heterocycles. The third kappa shape index (κ3) is 5.98. The zero-order valence-corrected chi connectivity index (χ0v) is 13.0. The summed E-state index contributed by atoms with van der Waals surface area (Å²) in [4.78, 5) is 0. The molecule has 0 spiro atoms. The van der Waals surface area contributed by atoms with Gasteiger partial charge in [0, 0.05) is 29.1 Å². The Kier molecular flexibility index (Phi) is 6.37. The van der Waals surface area contributed by atoms with E-state index in [-0.39, 0.29) is 5.54 Å². The quantitative estimate of drug-likeness (QED) is 0.774. The number of hydrogen-bond donors (Lipinski definition) is 1. The standard InChI is InChI=1S/C14H20Cl2FNO/c1-14(2,3)18-9-10-7-11(15)8-12(16)13(10)19-6-4-5-17/h7-8,18H,4-6,9H2,1-3H3. The lowest BCUT2D eigenvalue weighted by Gasteiger charge is -2.22. The fourth-order valence-electron chi connectivity index (χ4n) is 1.50. The topological polar surface area (TPSA) is 21.3 Å². The van der Waals surface area contributed by atoms with Crippen LogP contribution in [0.1, 0.15) is 32.8 Å². The van der Waals surface area contributed by atoms with Crippen LogP contribution < -0.4 is 10.1 Å². The van der Waals surface area contributed by atoms with E-state index in [4.69, 9.17) is 27.9 Å². The summed E-state index contributed by atoms with van der Waals surface area (Å²) in [5, 5.41) is 4.37. The second kappa shape index (κ2) is 7.32. The van der Waals surface area contributed by atoms with Crippen LogP contribution in [0.25, 0.3) is 0 Å². The molecule has 5 heteroatoms. The number of alkyl halides is 1. The van der Waals surface area contributed by atoms with E-state index in [1.54, 1.807) is 6.07 Å². The smallest absolute Gasteiger partial charge is 0.142 e. The highest BCUT2D eigenvalue weighted by molar-refractivity contribution is 6.35. The largest absolute Gasteiger partial charge is 0.492 e. The normalized spacial score (nSPS) is 11.7. The summed E-state index contributed by atoms with van der Waals surface area (Å²) in [5.41, 5.74) is 0.858. The van der Waals surface area contributed by atoms with Crippen molar-refractivity contribution in [1.29, 1.82) is 0 Å². The van der Waals surface area contributed by atoms with Gasteiger partial charge in [-0.25, -0.2) is 0 Å². The average Bonchev–Trinajstić information content (AvgIpc) is 2.28. The van der Waals surface area contributed by atoms with Gasteiger partial charge in [-0.2, -0.15) is 0 Å². The highest BCUT2D eigenvalue weighted by atomic mass is 35.5. The van der Waals surface area contributed by atoms with Gasteiger partial charge in [0.05, 0.1) is 18.3 Å². The van der Waals surface area contributed by atoms with E-state index >= 15 is 0 Å². The van der Waals surface area contributed by atoms with Crippen molar-refractivity contribution < 1.29 is 9.13 Å². The fourth-order valence-corrected chi connectivity index (χ4v) is 2.09. The van der Waals surface area contributed by atoms with Crippen molar-refractivity contribution in [3.63, 3.8) is 0 Å². The Morgan fingerprint density at radius 2 is 1.95 bits per heavy atom. The van der Waals surface area contributed by atoms with Gasteiger partial charge in [-0.15, -0.1) is 0 Å². The van der Waals surface area contributed by atoms with Gasteiger partial charge in [0.2, 0.25) is 0 Å². The van der Waals surface area contributed by atoms with Gasteiger partial charge in [-0.1, -0.05) is 23.2 Å². The van der Waals surface area contributed by atoms with Crippen molar-refractivity contribution in [1.82, 2.24) is 5.32 Å². The predicted molar refractivity (Wildman–Crippen MR) is 79.1 cm³/mol. The minimum absolute atomic E-state index is 0.0228. The Balaban J connectivity index is 2.86. The molecular formula is C14H20Cl2FNO. The molecule has 0 aliphatic heterocycles. The molecule has 0 heterocycles. The molecule has 0 aromatic heterocycles. The molecule has 0 saturated carbocycles. The third-order valence-electron chi connectivity index (χ3n) is 2.42. The highest BCUT2D eigenvalue weighted by Gasteiger charge is 2.14. The zero-order valence-electron chi connectivity index (χ0n) is 11.5. The number of benzene rings is 1. The number of rotatable bonds is 6. The SMILES string of the molecule is CC(C)(C)NCc1cc(Cl)cc(Cl)c1OCCCF. The molecule has 0 aliphatic rings. The zero-order chi connectivity index (χ0) is 14.5. The van der Waals surface area contributed by atoms with E-state index in [1.807, 2.05) is 6.07 Å². The highest BCUT2D eigenvalue weighted by Crippen LogP contribution is 2.32. The number of nitrogens with one attached hydrogen (secondary N) is 1. The van der Waals surface area contributed by atoms with Crippen molar-refractivity contribution in [2.45, 2.75) is 39.3 Å². The maximum absolute atomic E-state index is 12.1. The summed E-state index contributed by atoms with van der Waals surface area (Å²) in [6, 6.07) is 3.45. The Morgan fingerprint density at radius 3 is 2.53 bits per heavy atom. The summed E-state index contributed by atoms with van der Waals surface area (Å²) >= 11 is 12.1. The lowest BCUT2D eigenvalue weighted by atomic mass is 10.1. The molecule has 19 heavy (non-hydrogen) atoms. The third-order valence-corrected chi connectivity index (χ3v) is 2.92. The van der Waals surface area contributed by atoms with Gasteiger partial charge in [0.15, 0.2) is 0 Å². The van der Waals surface area contributed by atoms with Crippen molar-refractivity contribution in [3.8, 4) is 5.75 Å². The van der Waals surface area contributed by atoms with Gasteiger partial charge in [-0.3, -0.25) is 4.39 Å². The summed E-state index contributed by atoms with van der Waals surface area (Å²) in [6.45, 7) is 6.71. The molecule has 108 valence electrons. The lowest BCUT2D eigenvalue weighted by molar-refractivity contribution is 0.285. The molecule has 0 fully saturated rings.